The minimum Gasteiger partial charge on any atom is -0.369 e. The Balaban J connectivity index is 1.83. The number of methoxy groups -OCH3 is 1. The molecule has 4 heteroatoms. The van der Waals surface area contributed by atoms with Crippen LogP contribution in [-0.2, 0) is 16.0 Å². The molecule has 0 saturated carbocycles. The number of carbonyl (C=O) groups is 2. The first-order valence-electron chi connectivity index (χ1n) is 7.12. The van der Waals surface area contributed by atoms with Crippen LogP contribution >= 0.6 is 0 Å². The summed E-state index contributed by atoms with van der Waals surface area (Å²) in [5.41, 5.74) is 0.681. The quantitative estimate of drug-likeness (QED) is 0.844. The molecule has 0 bridgehead atoms. The van der Waals surface area contributed by atoms with E-state index in [0.717, 1.165) is 31.5 Å². The zero-order valence-corrected chi connectivity index (χ0v) is 11.7. The molecule has 1 aromatic carbocycles. The van der Waals surface area contributed by atoms with E-state index in [0.29, 0.717) is 12.0 Å². The van der Waals surface area contributed by atoms with Crippen LogP contribution in [0.4, 0.5) is 0 Å². The van der Waals surface area contributed by atoms with Gasteiger partial charge >= 0.3 is 0 Å². The molecule has 4 nitrogen and oxygen atoms in total. The molecule has 1 saturated heterocycles. The van der Waals surface area contributed by atoms with Crippen LogP contribution in [0.3, 0.4) is 0 Å². The van der Waals surface area contributed by atoms with E-state index >= 15 is 0 Å². The molecule has 0 radical (unpaired) electrons. The highest BCUT2D eigenvalue weighted by atomic mass is 16.5. The van der Waals surface area contributed by atoms with Crippen molar-refractivity contribution in [3.05, 3.63) is 35.4 Å². The van der Waals surface area contributed by atoms with Crippen LogP contribution in [0.2, 0.25) is 0 Å². The first kappa shape index (κ1) is 13.3. The van der Waals surface area contributed by atoms with Crippen molar-refractivity contribution in [1.29, 1.82) is 0 Å². The molecule has 1 aliphatic carbocycles. The third-order valence-electron chi connectivity index (χ3n) is 4.44. The molecule has 1 atom stereocenters. The van der Waals surface area contributed by atoms with Crippen molar-refractivity contribution in [3.8, 4) is 0 Å². The minimum absolute atomic E-state index is 0.0329. The minimum atomic E-state index is -0.997. The van der Waals surface area contributed by atoms with E-state index in [2.05, 4.69) is 0 Å². The second kappa shape index (κ2) is 5.02. The molecule has 3 rings (SSSR count). The van der Waals surface area contributed by atoms with E-state index < -0.39 is 5.60 Å². The summed E-state index contributed by atoms with van der Waals surface area (Å²) in [5, 5.41) is 0. The van der Waals surface area contributed by atoms with Crippen molar-refractivity contribution < 1.29 is 14.3 Å². The largest absolute Gasteiger partial charge is 0.369 e. The number of fused-ring (bicyclic) bond motifs is 1. The lowest BCUT2D eigenvalue weighted by molar-refractivity contribution is -0.134. The second-order valence-corrected chi connectivity index (χ2v) is 5.63. The van der Waals surface area contributed by atoms with E-state index in [9.17, 15) is 9.59 Å². The second-order valence-electron chi connectivity index (χ2n) is 5.63. The zero-order valence-electron chi connectivity index (χ0n) is 11.7. The molecule has 2 aliphatic rings. The van der Waals surface area contributed by atoms with Gasteiger partial charge in [-0.1, -0.05) is 24.3 Å². The highest BCUT2D eigenvalue weighted by molar-refractivity contribution is 6.08. The number of nitrogens with zero attached hydrogens (tertiary/aromatic N) is 1. The van der Waals surface area contributed by atoms with Gasteiger partial charge in [0.15, 0.2) is 5.78 Å². The van der Waals surface area contributed by atoms with Crippen LogP contribution in [0.15, 0.2) is 24.3 Å². The van der Waals surface area contributed by atoms with Gasteiger partial charge in [0.25, 0.3) is 0 Å². The number of benzene rings is 1. The smallest absolute Gasteiger partial charge is 0.225 e. The van der Waals surface area contributed by atoms with E-state index in [1.54, 1.807) is 0 Å². The fraction of sp³-hybridized carbons (Fsp3) is 0.500. The van der Waals surface area contributed by atoms with Gasteiger partial charge in [-0.25, -0.2) is 0 Å². The third-order valence-corrected chi connectivity index (χ3v) is 4.44. The number of ketones is 1. The van der Waals surface area contributed by atoms with Crippen molar-refractivity contribution >= 4 is 11.7 Å². The number of hydrogen-bond acceptors (Lipinski definition) is 3. The summed E-state index contributed by atoms with van der Waals surface area (Å²) in [6.45, 7) is 1.61. The average molecular weight is 273 g/mol. The van der Waals surface area contributed by atoms with Crippen LogP contribution in [0.5, 0.6) is 0 Å². The fourth-order valence-electron chi connectivity index (χ4n) is 3.23. The van der Waals surface area contributed by atoms with Crippen molar-refractivity contribution in [2.75, 3.05) is 20.2 Å². The number of Topliss-reactive ketones (excluding diaryl/α,β-unsaturated/α-hetero) is 1. The van der Waals surface area contributed by atoms with E-state index in [1.807, 2.05) is 29.2 Å². The Morgan fingerprint density at radius 3 is 2.65 bits per heavy atom. The predicted octanol–water partition coefficient (Wildman–Crippen LogP) is 1.82. The van der Waals surface area contributed by atoms with Gasteiger partial charge in [-0.2, -0.15) is 0 Å². The monoisotopic (exact) mass is 273 g/mol. The summed E-state index contributed by atoms with van der Waals surface area (Å²) in [6, 6.07) is 7.53. The molecule has 0 spiro atoms. The van der Waals surface area contributed by atoms with E-state index in [-0.39, 0.29) is 18.1 Å². The molecule has 20 heavy (non-hydrogen) atoms. The normalized spacial score (nSPS) is 25.1. The van der Waals surface area contributed by atoms with Gasteiger partial charge in [0.1, 0.15) is 5.60 Å². The SMILES string of the molecule is CO[C@]1(CC(=O)N2CCCC2)Cc2ccccc2C1=O. The number of hydrogen-bond donors (Lipinski definition) is 0. The summed E-state index contributed by atoms with van der Waals surface area (Å²) in [7, 11) is 1.53. The van der Waals surface area contributed by atoms with Crippen molar-refractivity contribution in [1.82, 2.24) is 4.90 Å². The summed E-state index contributed by atoms with van der Waals surface area (Å²) in [4.78, 5) is 26.8. The fourth-order valence-corrected chi connectivity index (χ4v) is 3.23. The van der Waals surface area contributed by atoms with E-state index in [4.69, 9.17) is 4.74 Å². The van der Waals surface area contributed by atoms with Gasteiger partial charge in [0.2, 0.25) is 5.91 Å². The van der Waals surface area contributed by atoms with Crippen molar-refractivity contribution in [2.24, 2.45) is 0 Å². The Labute approximate surface area is 118 Å². The number of amides is 1. The molecule has 1 aromatic rings. The average Bonchev–Trinajstić information content (AvgIpc) is 3.08. The Bertz CT molecular complexity index is 548. The van der Waals surface area contributed by atoms with Crippen molar-refractivity contribution in [3.63, 3.8) is 0 Å². The highest BCUT2D eigenvalue weighted by Crippen LogP contribution is 2.35. The Morgan fingerprint density at radius 1 is 1.30 bits per heavy atom. The number of likely N-dealkylation sites (tertiary alicyclic amines) is 1. The molecule has 1 heterocycles. The van der Waals surface area contributed by atoms with Gasteiger partial charge in [-0.3, -0.25) is 9.59 Å². The van der Waals surface area contributed by atoms with Gasteiger partial charge in [-0.15, -0.1) is 0 Å². The van der Waals surface area contributed by atoms with Crippen LogP contribution in [0.1, 0.15) is 35.2 Å². The number of rotatable bonds is 3. The molecule has 106 valence electrons. The molecule has 1 amide bonds. The topological polar surface area (TPSA) is 46.6 Å². The van der Waals surface area contributed by atoms with Crippen LogP contribution in [0, 0.1) is 0 Å². The lowest BCUT2D eigenvalue weighted by atomic mass is 9.93. The Morgan fingerprint density at radius 2 is 2.00 bits per heavy atom. The molecular formula is C16H19NO3. The Kier molecular flexibility index (Phi) is 3.34. The maximum absolute atomic E-state index is 12.6. The lowest BCUT2D eigenvalue weighted by Gasteiger charge is -2.27. The van der Waals surface area contributed by atoms with Gasteiger partial charge in [0, 0.05) is 32.2 Å². The molecule has 0 N–H and O–H groups in total. The Hall–Kier alpha value is -1.68. The summed E-state index contributed by atoms with van der Waals surface area (Å²) in [5.74, 6) is -0.0198. The maximum atomic E-state index is 12.6. The van der Waals surface area contributed by atoms with Gasteiger partial charge in [0.05, 0.1) is 6.42 Å². The molecular weight excluding hydrogens is 254 g/mol. The summed E-state index contributed by atoms with van der Waals surface area (Å²) < 4.78 is 5.53. The molecule has 1 fully saturated rings. The third kappa shape index (κ3) is 2.04. The highest BCUT2D eigenvalue weighted by Gasteiger charge is 2.47. The van der Waals surface area contributed by atoms with Gasteiger partial charge < -0.3 is 9.64 Å². The predicted molar refractivity (Wildman–Crippen MR) is 74.6 cm³/mol. The summed E-state index contributed by atoms with van der Waals surface area (Å²) in [6.07, 6.45) is 2.76. The van der Waals surface area contributed by atoms with Crippen LogP contribution in [-0.4, -0.2) is 42.4 Å². The molecule has 0 unspecified atom stereocenters. The van der Waals surface area contributed by atoms with E-state index in [1.165, 1.54) is 7.11 Å². The zero-order chi connectivity index (χ0) is 14.2. The molecule has 1 aliphatic heterocycles. The first-order valence-corrected chi connectivity index (χ1v) is 7.12. The number of carbonyl (C=O) groups excluding carboxylic acids is 2. The number of ether oxygens (including phenoxy) is 1. The first-order chi connectivity index (χ1) is 9.66. The summed E-state index contributed by atoms with van der Waals surface area (Å²) >= 11 is 0. The van der Waals surface area contributed by atoms with Gasteiger partial charge in [-0.05, 0) is 18.4 Å². The van der Waals surface area contributed by atoms with Crippen molar-refractivity contribution in [2.45, 2.75) is 31.3 Å². The molecule has 0 aromatic heterocycles. The van der Waals surface area contributed by atoms with Crippen LogP contribution in [0.25, 0.3) is 0 Å². The maximum Gasteiger partial charge on any atom is 0.225 e. The lowest BCUT2D eigenvalue weighted by Crippen LogP contribution is -2.44. The van der Waals surface area contributed by atoms with Crippen LogP contribution < -0.4 is 0 Å². The standard InChI is InChI=1S/C16H19NO3/c1-20-16(11-14(18)17-8-4-5-9-17)10-12-6-2-3-7-13(12)15(16)19/h2-3,6-7H,4-5,8-11H2,1H3/t16-/m0/s1.